The molecule has 0 unspecified atom stereocenters. The first-order valence-electron chi connectivity index (χ1n) is 14.1. The molecule has 5 aliphatic rings. The Hall–Kier alpha value is -0.570. The summed E-state index contributed by atoms with van der Waals surface area (Å²) >= 11 is 0. The number of carboxylic acid groups (broad SMARTS) is 1. The van der Waals surface area contributed by atoms with Crippen LogP contribution in [0.4, 0.5) is 0 Å². The molecular formula is C30H50O3. The van der Waals surface area contributed by atoms with Crippen LogP contribution in [0.1, 0.15) is 119 Å². The summed E-state index contributed by atoms with van der Waals surface area (Å²) in [6.45, 7) is 17.1. The van der Waals surface area contributed by atoms with E-state index in [-0.39, 0.29) is 22.3 Å². The Bertz CT molecular complexity index is 834. The number of aliphatic hydroxyl groups excluding tert-OH is 1. The summed E-state index contributed by atoms with van der Waals surface area (Å²) in [6.07, 6.45) is 12.2. The fourth-order valence-corrected chi connectivity index (χ4v) is 11.3. The van der Waals surface area contributed by atoms with E-state index in [9.17, 15) is 15.0 Å². The Labute approximate surface area is 202 Å². The van der Waals surface area contributed by atoms with Gasteiger partial charge in [-0.3, -0.25) is 4.79 Å². The summed E-state index contributed by atoms with van der Waals surface area (Å²) in [5.41, 5.74) is 0.528. The Morgan fingerprint density at radius 2 is 1.36 bits per heavy atom. The maximum absolute atomic E-state index is 12.3. The zero-order chi connectivity index (χ0) is 24.2. The van der Waals surface area contributed by atoms with Gasteiger partial charge >= 0.3 is 5.97 Å². The molecule has 33 heavy (non-hydrogen) atoms. The maximum Gasteiger partial charge on any atom is 0.309 e. The SMILES string of the molecule is CC1(C)CC[C@H](O)[C@]2(C)[C@H]3CC[C@@H]4[C@@H]5C[C@@](C)(C(=O)O)CC[C@]5(C)CC[C@@]4(C)[C@]3(C)CC[C@@H]12. The van der Waals surface area contributed by atoms with Gasteiger partial charge in [-0.05, 0) is 123 Å². The lowest BCUT2D eigenvalue weighted by molar-refractivity contribution is -0.264. The van der Waals surface area contributed by atoms with Gasteiger partial charge in [-0.25, -0.2) is 0 Å². The first-order chi connectivity index (χ1) is 15.1. The van der Waals surface area contributed by atoms with E-state index < -0.39 is 11.4 Å². The molecule has 0 aromatic carbocycles. The quantitative estimate of drug-likeness (QED) is 0.433. The second-order valence-electron chi connectivity index (χ2n) is 15.4. The van der Waals surface area contributed by atoms with E-state index in [0.717, 1.165) is 32.1 Å². The third-order valence-corrected chi connectivity index (χ3v) is 13.9. The van der Waals surface area contributed by atoms with E-state index >= 15 is 0 Å². The van der Waals surface area contributed by atoms with Crippen molar-refractivity contribution in [3.8, 4) is 0 Å². The average Bonchev–Trinajstić information content (AvgIpc) is 2.73. The third-order valence-electron chi connectivity index (χ3n) is 13.9. The number of carbonyl (C=O) groups is 1. The highest BCUT2D eigenvalue weighted by molar-refractivity contribution is 5.74. The zero-order valence-corrected chi connectivity index (χ0v) is 22.5. The van der Waals surface area contributed by atoms with Crippen molar-refractivity contribution in [1.82, 2.24) is 0 Å². The Kier molecular flexibility index (Phi) is 5.13. The molecule has 2 N–H and O–H groups in total. The second kappa shape index (κ2) is 7.01. The lowest BCUT2D eigenvalue weighted by atomic mass is 9.31. The van der Waals surface area contributed by atoms with Crippen LogP contribution in [0.2, 0.25) is 0 Å². The molecule has 3 heteroatoms. The molecule has 5 rings (SSSR count). The first-order valence-corrected chi connectivity index (χ1v) is 14.1. The zero-order valence-electron chi connectivity index (χ0n) is 22.5. The number of hydrogen-bond acceptors (Lipinski definition) is 2. The first kappa shape index (κ1) is 24.1. The van der Waals surface area contributed by atoms with Gasteiger partial charge in [0.05, 0.1) is 11.5 Å². The molecule has 5 saturated carbocycles. The highest BCUT2D eigenvalue weighted by atomic mass is 16.4. The van der Waals surface area contributed by atoms with Crippen molar-refractivity contribution in [1.29, 1.82) is 0 Å². The maximum atomic E-state index is 12.3. The molecule has 10 atom stereocenters. The molecule has 0 spiro atoms. The van der Waals surface area contributed by atoms with Crippen LogP contribution in [-0.2, 0) is 4.79 Å². The standard InChI is InChI=1S/C30H50O3/c1-25(2)12-11-23(31)30(7)21(25)10-13-29(6)22(30)9-8-19-20-18-27(4,24(32)33)15-14-26(20,3)16-17-28(19,29)5/h19-23,31H,8-18H2,1-7H3,(H,32,33)/t19-,20+,21+,22+,23+,26-,27+,28-,29-,30+/m1/s1. The van der Waals surface area contributed by atoms with Crippen LogP contribution in [0.25, 0.3) is 0 Å². The average molecular weight is 459 g/mol. The summed E-state index contributed by atoms with van der Waals surface area (Å²) in [7, 11) is 0. The minimum absolute atomic E-state index is 0.00558. The van der Waals surface area contributed by atoms with Crippen molar-refractivity contribution in [2.75, 3.05) is 0 Å². The van der Waals surface area contributed by atoms with Crippen molar-refractivity contribution in [2.24, 2.45) is 56.2 Å². The van der Waals surface area contributed by atoms with Gasteiger partial charge < -0.3 is 10.2 Å². The van der Waals surface area contributed by atoms with E-state index in [1.165, 1.54) is 38.5 Å². The van der Waals surface area contributed by atoms with Crippen LogP contribution in [0.15, 0.2) is 0 Å². The highest BCUT2D eigenvalue weighted by Crippen LogP contribution is 2.76. The highest BCUT2D eigenvalue weighted by Gasteiger charge is 2.70. The minimum atomic E-state index is -0.586. The number of carboxylic acids is 1. The number of aliphatic carboxylic acids is 1. The second-order valence-corrected chi connectivity index (χ2v) is 15.4. The van der Waals surface area contributed by atoms with Crippen LogP contribution in [-0.4, -0.2) is 22.3 Å². The van der Waals surface area contributed by atoms with Gasteiger partial charge in [0.1, 0.15) is 0 Å². The van der Waals surface area contributed by atoms with Crippen molar-refractivity contribution < 1.29 is 15.0 Å². The van der Waals surface area contributed by atoms with E-state index in [2.05, 4.69) is 41.5 Å². The molecule has 5 fully saturated rings. The van der Waals surface area contributed by atoms with Crippen LogP contribution in [0.5, 0.6) is 0 Å². The fraction of sp³-hybridized carbons (Fsp3) is 0.967. The number of fused-ring (bicyclic) bond motifs is 7. The molecule has 0 heterocycles. The van der Waals surface area contributed by atoms with Crippen LogP contribution in [0.3, 0.4) is 0 Å². The predicted molar refractivity (Wildman–Crippen MR) is 133 cm³/mol. The van der Waals surface area contributed by atoms with Gasteiger partial charge in [-0.15, -0.1) is 0 Å². The summed E-state index contributed by atoms with van der Waals surface area (Å²) in [5.74, 6) is 1.72. The van der Waals surface area contributed by atoms with E-state index in [1.54, 1.807) is 0 Å². The van der Waals surface area contributed by atoms with Crippen LogP contribution < -0.4 is 0 Å². The van der Waals surface area contributed by atoms with Gasteiger partial charge in [-0.1, -0.05) is 41.5 Å². The van der Waals surface area contributed by atoms with E-state index in [4.69, 9.17) is 0 Å². The Morgan fingerprint density at radius 1 is 0.697 bits per heavy atom. The molecule has 5 aliphatic carbocycles. The monoisotopic (exact) mass is 458 g/mol. The van der Waals surface area contributed by atoms with E-state index in [1.807, 2.05) is 6.92 Å². The molecule has 0 radical (unpaired) electrons. The van der Waals surface area contributed by atoms with Crippen molar-refractivity contribution in [2.45, 2.75) is 125 Å². The van der Waals surface area contributed by atoms with Gasteiger partial charge in [-0.2, -0.15) is 0 Å². The predicted octanol–water partition coefficient (Wildman–Crippen LogP) is 7.31. The normalized spacial score (nSPS) is 57.8. The fourth-order valence-electron chi connectivity index (χ4n) is 11.3. The van der Waals surface area contributed by atoms with Gasteiger partial charge in [0, 0.05) is 5.41 Å². The number of rotatable bonds is 1. The molecule has 0 aromatic rings. The van der Waals surface area contributed by atoms with Gasteiger partial charge in [0.2, 0.25) is 0 Å². The van der Waals surface area contributed by atoms with Crippen LogP contribution >= 0.6 is 0 Å². The summed E-state index contributed by atoms with van der Waals surface area (Å²) in [5, 5.41) is 21.6. The molecule has 0 aromatic heterocycles. The van der Waals surface area contributed by atoms with Crippen molar-refractivity contribution >= 4 is 5.97 Å². The topological polar surface area (TPSA) is 57.5 Å². The van der Waals surface area contributed by atoms with Crippen molar-refractivity contribution in [3.05, 3.63) is 0 Å². The molecular weight excluding hydrogens is 408 g/mol. The lowest BCUT2D eigenvalue weighted by Crippen LogP contribution is -2.68. The van der Waals surface area contributed by atoms with Gasteiger partial charge in [0.15, 0.2) is 0 Å². The molecule has 0 aliphatic heterocycles. The summed E-state index contributed by atoms with van der Waals surface area (Å²) in [4.78, 5) is 12.3. The Balaban J connectivity index is 1.54. The molecule has 0 saturated heterocycles. The van der Waals surface area contributed by atoms with Gasteiger partial charge in [0.25, 0.3) is 0 Å². The summed E-state index contributed by atoms with van der Waals surface area (Å²) < 4.78 is 0. The minimum Gasteiger partial charge on any atom is -0.481 e. The Morgan fingerprint density at radius 3 is 2.03 bits per heavy atom. The molecule has 188 valence electrons. The molecule has 0 amide bonds. The number of hydrogen-bond donors (Lipinski definition) is 2. The van der Waals surface area contributed by atoms with E-state index in [0.29, 0.717) is 34.5 Å². The lowest BCUT2D eigenvalue weighted by Gasteiger charge is -2.74. The van der Waals surface area contributed by atoms with Crippen LogP contribution in [0, 0.1) is 56.2 Å². The molecule has 3 nitrogen and oxygen atoms in total. The van der Waals surface area contributed by atoms with Crippen molar-refractivity contribution in [3.63, 3.8) is 0 Å². The third kappa shape index (κ3) is 2.93. The summed E-state index contributed by atoms with van der Waals surface area (Å²) in [6, 6.07) is 0. The molecule has 0 bridgehead atoms. The smallest absolute Gasteiger partial charge is 0.309 e. The number of aliphatic hydroxyl groups is 1. The largest absolute Gasteiger partial charge is 0.481 e.